The highest BCUT2D eigenvalue weighted by Gasteiger charge is 2.36. The first kappa shape index (κ1) is 27.5. The Kier molecular flexibility index (Phi) is 8.87. The number of benzene rings is 4. The monoisotopic (exact) mass is 566 g/mol. The predicted octanol–water partition coefficient (Wildman–Crippen LogP) is 7.76. The van der Waals surface area contributed by atoms with E-state index in [0.29, 0.717) is 20.6 Å². The van der Waals surface area contributed by atoms with Crippen LogP contribution < -0.4 is 0 Å². The molecule has 4 aromatic rings. The van der Waals surface area contributed by atoms with Crippen LogP contribution in [0.3, 0.4) is 0 Å². The number of phenolic OH excluding ortho intramolecular Hbond substituents is 1. The summed E-state index contributed by atoms with van der Waals surface area (Å²) in [7, 11) is -1.29. The molecule has 0 heterocycles. The second-order valence-corrected chi connectivity index (χ2v) is 11.2. The fourth-order valence-corrected chi connectivity index (χ4v) is 5.91. The van der Waals surface area contributed by atoms with Gasteiger partial charge in [0.25, 0.3) is 10.1 Å². The minimum Gasteiger partial charge on any atom is -0.508 e. The largest absolute Gasteiger partial charge is 0.508 e. The van der Waals surface area contributed by atoms with Gasteiger partial charge in [-0.2, -0.15) is 8.42 Å². The molecule has 1 unspecified atom stereocenters. The third-order valence-corrected chi connectivity index (χ3v) is 8.15. The fraction of sp³-hybridized carbons (Fsp3) is 0.0769. The number of hydrogen-bond acceptors (Lipinski definition) is 3. The van der Waals surface area contributed by atoms with Crippen molar-refractivity contribution in [2.45, 2.75) is 17.0 Å². The molecule has 182 valence electrons. The van der Waals surface area contributed by atoms with Crippen LogP contribution in [0, 0.1) is 6.92 Å². The average molecular weight is 568 g/mol. The summed E-state index contributed by atoms with van der Waals surface area (Å²) in [5.74, 6) is -0.148. The van der Waals surface area contributed by atoms with E-state index in [1.165, 1.54) is 12.1 Å². The van der Waals surface area contributed by atoms with Gasteiger partial charge in [0.15, 0.2) is 0 Å². The first-order valence-corrected chi connectivity index (χ1v) is 13.4. The van der Waals surface area contributed by atoms with Gasteiger partial charge in [-0.3, -0.25) is 4.55 Å². The van der Waals surface area contributed by atoms with E-state index in [1.54, 1.807) is 6.92 Å². The molecule has 0 saturated heterocycles. The van der Waals surface area contributed by atoms with Gasteiger partial charge in [-0.25, -0.2) is 0 Å². The van der Waals surface area contributed by atoms with E-state index in [2.05, 4.69) is 9.24 Å². The quantitative estimate of drug-likeness (QED) is 0.150. The third-order valence-electron chi connectivity index (χ3n) is 5.37. The molecule has 0 aliphatic rings. The molecule has 0 aliphatic carbocycles. The molecule has 4 rings (SSSR count). The van der Waals surface area contributed by atoms with Crippen LogP contribution >= 0.6 is 44.0 Å². The molecule has 0 amide bonds. The van der Waals surface area contributed by atoms with Gasteiger partial charge in [0.05, 0.1) is 10.1 Å². The van der Waals surface area contributed by atoms with Crippen molar-refractivity contribution in [3.05, 3.63) is 128 Å². The van der Waals surface area contributed by atoms with Crippen LogP contribution in [0.15, 0.2) is 95.9 Å². The van der Waals surface area contributed by atoms with E-state index < -0.39 is 15.3 Å². The molecule has 0 aliphatic heterocycles. The van der Waals surface area contributed by atoms with E-state index in [9.17, 15) is 8.42 Å². The zero-order chi connectivity index (χ0) is 25.8. The molecule has 0 bridgehead atoms. The van der Waals surface area contributed by atoms with E-state index in [0.717, 1.165) is 22.8 Å². The van der Waals surface area contributed by atoms with Crippen molar-refractivity contribution in [1.29, 1.82) is 0 Å². The summed E-state index contributed by atoms with van der Waals surface area (Å²) in [4.78, 5) is -0.300. The summed E-state index contributed by atoms with van der Waals surface area (Å²) in [5.41, 5.74) is 3.37. The summed E-state index contributed by atoms with van der Waals surface area (Å²) in [5, 5.41) is 10.5. The second kappa shape index (κ2) is 11.3. The number of rotatable bonds is 4. The Morgan fingerprint density at radius 3 is 1.40 bits per heavy atom. The first-order valence-electron chi connectivity index (χ1n) is 10.3. The lowest BCUT2D eigenvalue weighted by atomic mass is 9.83. The van der Waals surface area contributed by atoms with Crippen molar-refractivity contribution in [2.75, 3.05) is 0 Å². The van der Waals surface area contributed by atoms with E-state index >= 15 is 0 Å². The molecule has 0 saturated carbocycles. The van der Waals surface area contributed by atoms with Crippen LogP contribution in [0.5, 0.6) is 5.75 Å². The smallest absolute Gasteiger partial charge is 0.294 e. The fourth-order valence-electron chi connectivity index (χ4n) is 3.53. The van der Waals surface area contributed by atoms with Gasteiger partial charge in [0, 0.05) is 21.1 Å². The number of aryl methyl sites for hydroxylation is 1. The Labute approximate surface area is 222 Å². The molecule has 0 aromatic heterocycles. The van der Waals surface area contributed by atoms with Crippen molar-refractivity contribution in [2.24, 2.45) is 0 Å². The molecule has 35 heavy (non-hydrogen) atoms. The van der Waals surface area contributed by atoms with Gasteiger partial charge < -0.3 is 5.11 Å². The molecule has 9 heteroatoms. The zero-order valence-electron chi connectivity index (χ0n) is 18.5. The first-order chi connectivity index (χ1) is 16.5. The number of aromatic hydroxyl groups is 1. The van der Waals surface area contributed by atoms with Gasteiger partial charge in [0.1, 0.15) is 5.75 Å². The topological polar surface area (TPSA) is 74.6 Å². The molecule has 0 spiro atoms. The van der Waals surface area contributed by atoms with Crippen LogP contribution in [0.4, 0.5) is 0 Å². The van der Waals surface area contributed by atoms with Crippen LogP contribution in [0.1, 0.15) is 22.3 Å². The average Bonchev–Trinajstić information content (AvgIpc) is 2.81. The Morgan fingerprint density at radius 2 is 1.09 bits per heavy atom. The molecule has 4 aromatic carbocycles. The van der Waals surface area contributed by atoms with Crippen LogP contribution in [0.2, 0.25) is 15.1 Å². The van der Waals surface area contributed by atoms with E-state index in [-0.39, 0.29) is 10.6 Å². The molecule has 1 atom stereocenters. The maximum absolute atomic E-state index is 10.5. The molecule has 2 N–H and O–H groups in total. The predicted molar refractivity (Wildman–Crippen MR) is 147 cm³/mol. The standard InChI is InChI=1S/C19H14Cl3P.C7H8O4S/c20-16-10-4-1-7-13(16)19(23,14-8-2-5-11-17(14)21)15-9-3-6-12-18(15)22;1-5-2-3-6(4-7(5)8)12(9,10)11/h1-12H,23H2;2-4,8H,1H3,(H,9,10,11). The van der Waals surface area contributed by atoms with Gasteiger partial charge in [-0.05, 0) is 53.4 Å². The zero-order valence-corrected chi connectivity index (χ0v) is 22.7. The van der Waals surface area contributed by atoms with Gasteiger partial charge in [-0.1, -0.05) is 95.5 Å². The molecular weight excluding hydrogens is 546 g/mol. The minimum absolute atomic E-state index is 0.148. The Bertz CT molecular complexity index is 1350. The lowest BCUT2D eigenvalue weighted by Gasteiger charge is -2.33. The summed E-state index contributed by atoms with van der Waals surface area (Å²) in [6, 6.07) is 26.9. The summed E-state index contributed by atoms with van der Waals surface area (Å²) in [6.45, 7) is 1.63. The highest BCUT2D eigenvalue weighted by atomic mass is 35.5. The molecular formula is C26H22Cl3O4PS. The minimum atomic E-state index is -4.20. The van der Waals surface area contributed by atoms with Crippen LogP contribution in [-0.4, -0.2) is 18.1 Å². The Hall–Kier alpha value is -2.11. The SMILES string of the molecule is Cc1ccc(S(=O)(=O)O)cc1O.PC(c1ccccc1Cl)(c1ccccc1Cl)c1ccccc1Cl. The van der Waals surface area contributed by atoms with Crippen molar-refractivity contribution < 1.29 is 18.1 Å². The molecule has 0 fully saturated rings. The number of hydrogen-bond donors (Lipinski definition) is 2. The van der Waals surface area contributed by atoms with Gasteiger partial charge >= 0.3 is 0 Å². The normalized spacial score (nSPS) is 11.5. The van der Waals surface area contributed by atoms with Gasteiger partial charge in [-0.15, -0.1) is 9.24 Å². The highest BCUT2D eigenvalue weighted by molar-refractivity contribution is 7.85. The second-order valence-electron chi connectivity index (χ2n) is 7.67. The van der Waals surface area contributed by atoms with E-state index in [1.807, 2.05) is 72.8 Å². The molecule has 4 nitrogen and oxygen atoms in total. The molecule has 0 radical (unpaired) electrons. The lowest BCUT2D eigenvalue weighted by Crippen LogP contribution is -2.23. The Balaban J connectivity index is 0.000000241. The number of halogens is 3. The number of phenols is 1. The van der Waals surface area contributed by atoms with Crippen LogP contribution in [0.25, 0.3) is 0 Å². The summed E-state index contributed by atoms with van der Waals surface area (Å²) in [6.07, 6.45) is 0. The Morgan fingerprint density at radius 1 is 0.714 bits per heavy atom. The van der Waals surface area contributed by atoms with Crippen molar-refractivity contribution in [3.63, 3.8) is 0 Å². The van der Waals surface area contributed by atoms with E-state index in [4.69, 9.17) is 44.5 Å². The maximum atomic E-state index is 10.5. The van der Waals surface area contributed by atoms with Gasteiger partial charge in [0.2, 0.25) is 0 Å². The van der Waals surface area contributed by atoms with Crippen molar-refractivity contribution in [1.82, 2.24) is 0 Å². The summed E-state index contributed by atoms with van der Waals surface area (Å²) < 4.78 is 29.6. The van der Waals surface area contributed by atoms with Crippen molar-refractivity contribution >= 4 is 54.2 Å². The third kappa shape index (κ3) is 6.18. The van der Waals surface area contributed by atoms with Crippen LogP contribution in [-0.2, 0) is 15.3 Å². The highest BCUT2D eigenvalue weighted by Crippen LogP contribution is 2.51. The summed E-state index contributed by atoms with van der Waals surface area (Å²) >= 11 is 19.5. The maximum Gasteiger partial charge on any atom is 0.294 e. The lowest BCUT2D eigenvalue weighted by molar-refractivity contribution is 0.463. The van der Waals surface area contributed by atoms with Crippen molar-refractivity contribution in [3.8, 4) is 5.75 Å².